The van der Waals surface area contributed by atoms with Gasteiger partial charge < -0.3 is 4.90 Å². The fourth-order valence-corrected chi connectivity index (χ4v) is 3.61. The van der Waals surface area contributed by atoms with Gasteiger partial charge in [-0.3, -0.25) is 9.20 Å². The lowest BCUT2D eigenvalue weighted by molar-refractivity contribution is -0.127. The molecule has 26 heavy (non-hydrogen) atoms. The number of halogens is 1. The van der Waals surface area contributed by atoms with Gasteiger partial charge in [0.05, 0.1) is 0 Å². The molecular formula is C20H19ClN4O. The SMILES string of the molecule is O=C(/C=C/c1cccc(Cl)c1)N1CCCC(c2nnc3ccccn23)C1. The number of nitrogens with zero attached hydrogens (tertiary/aromatic N) is 4. The van der Waals surface area contributed by atoms with Gasteiger partial charge in [-0.25, -0.2) is 0 Å². The Morgan fingerprint density at radius 3 is 3.00 bits per heavy atom. The molecule has 6 heteroatoms. The summed E-state index contributed by atoms with van der Waals surface area (Å²) in [6, 6.07) is 13.3. The minimum absolute atomic E-state index is 0.0171. The highest BCUT2D eigenvalue weighted by Gasteiger charge is 2.26. The molecule has 1 unspecified atom stereocenters. The molecule has 0 radical (unpaired) electrons. The number of piperidine rings is 1. The zero-order valence-corrected chi connectivity index (χ0v) is 15.0. The molecule has 1 aliphatic rings. The molecule has 0 spiro atoms. The molecule has 1 aliphatic heterocycles. The predicted molar refractivity (Wildman–Crippen MR) is 102 cm³/mol. The van der Waals surface area contributed by atoms with Gasteiger partial charge in [-0.15, -0.1) is 10.2 Å². The highest BCUT2D eigenvalue weighted by Crippen LogP contribution is 2.26. The summed E-state index contributed by atoms with van der Waals surface area (Å²) in [5.41, 5.74) is 1.76. The van der Waals surface area contributed by atoms with Gasteiger partial charge in [-0.2, -0.15) is 0 Å². The molecule has 0 bridgehead atoms. The molecule has 1 atom stereocenters. The third-order valence-electron chi connectivity index (χ3n) is 4.71. The molecule has 0 N–H and O–H groups in total. The second kappa shape index (κ2) is 7.30. The topological polar surface area (TPSA) is 50.5 Å². The van der Waals surface area contributed by atoms with E-state index in [-0.39, 0.29) is 11.8 Å². The summed E-state index contributed by atoms with van der Waals surface area (Å²) in [5.74, 6) is 1.14. The van der Waals surface area contributed by atoms with Crippen LogP contribution in [0.1, 0.15) is 30.1 Å². The standard InChI is InChI=1S/C20H19ClN4O/c21-17-7-3-5-15(13-17)9-10-19(26)24-11-4-6-16(14-24)20-23-22-18-8-1-2-12-25(18)20/h1-3,5,7-10,12-13,16H,4,6,11,14H2/b10-9+. The van der Waals surface area contributed by atoms with Crippen molar-refractivity contribution in [2.75, 3.05) is 13.1 Å². The van der Waals surface area contributed by atoms with Crippen LogP contribution < -0.4 is 0 Å². The zero-order chi connectivity index (χ0) is 17.9. The summed E-state index contributed by atoms with van der Waals surface area (Å²) in [4.78, 5) is 14.5. The summed E-state index contributed by atoms with van der Waals surface area (Å²) in [7, 11) is 0. The van der Waals surface area contributed by atoms with Crippen molar-refractivity contribution in [3.63, 3.8) is 0 Å². The minimum Gasteiger partial charge on any atom is -0.338 e. The van der Waals surface area contributed by atoms with E-state index >= 15 is 0 Å². The molecule has 3 aromatic rings. The average Bonchev–Trinajstić information content (AvgIpc) is 3.10. The first kappa shape index (κ1) is 16.8. The van der Waals surface area contributed by atoms with Gasteiger partial charge in [0, 0.05) is 36.3 Å². The minimum atomic E-state index is 0.0171. The Labute approximate surface area is 156 Å². The number of rotatable bonds is 3. The summed E-state index contributed by atoms with van der Waals surface area (Å²) in [6.07, 6.45) is 7.38. The number of benzene rings is 1. The molecule has 5 nitrogen and oxygen atoms in total. The molecule has 0 aliphatic carbocycles. The number of pyridine rings is 1. The Morgan fingerprint density at radius 1 is 1.19 bits per heavy atom. The molecule has 4 rings (SSSR count). The smallest absolute Gasteiger partial charge is 0.246 e. The Morgan fingerprint density at radius 2 is 2.12 bits per heavy atom. The van der Waals surface area contributed by atoms with Crippen LogP contribution in [0.2, 0.25) is 5.02 Å². The first-order valence-electron chi connectivity index (χ1n) is 8.73. The van der Waals surface area contributed by atoms with Gasteiger partial charge in [0.25, 0.3) is 0 Å². The molecule has 2 aromatic heterocycles. The van der Waals surface area contributed by atoms with Crippen molar-refractivity contribution in [3.8, 4) is 0 Å². The summed E-state index contributed by atoms with van der Waals surface area (Å²) in [5, 5.41) is 9.25. The summed E-state index contributed by atoms with van der Waals surface area (Å²) in [6.45, 7) is 1.43. The third-order valence-corrected chi connectivity index (χ3v) is 4.94. The molecule has 1 aromatic carbocycles. The number of hydrogen-bond donors (Lipinski definition) is 0. The average molecular weight is 367 g/mol. The number of carbonyl (C=O) groups is 1. The second-order valence-electron chi connectivity index (χ2n) is 6.50. The lowest BCUT2D eigenvalue weighted by atomic mass is 9.97. The van der Waals surface area contributed by atoms with E-state index in [1.807, 2.05) is 64.0 Å². The maximum Gasteiger partial charge on any atom is 0.246 e. The fourth-order valence-electron chi connectivity index (χ4n) is 3.41. The lowest BCUT2D eigenvalue weighted by Crippen LogP contribution is -2.38. The molecular weight excluding hydrogens is 348 g/mol. The van der Waals surface area contributed by atoms with Crippen molar-refractivity contribution < 1.29 is 4.79 Å². The third kappa shape index (κ3) is 3.48. The molecule has 1 amide bonds. The second-order valence-corrected chi connectivity index (χ2v) is 6.94. The van der Waals surface area contributed by atoms with Crippen molar-refractivity contribution in [1.82, 2.24) is 19.5 Å². The molecule has 0 saturated carbocycles. The van der Waals surface area contributed by atoms with Gasteiger partial charge in [0.1, 0.15) is 5.82 Å². The highest BCUT2D eigenvalue weighted by atomic mass is 35.5. The first-order chi connectivity index (χ1) is 12.7. The number of carbonyl (C=O) groups excluding carboxylic acids is 1. The van der Waals surface area contributed by atoms with E-state index in [4.69, 9.17) is 11.6 Å². The van der Waals surface area contributed by atoms with Crippen molar-refractivity contribution in [3.05, 3.63) is 71.1 Å². The normalized spacial score (nSPS) is 17.9. The number of hydrogen-bond acceptors (Lipinski definition) is 3. The van der Waals surface area contributed by atoms with Gasteiger partial charge in [-0.05, 0) is 48.7 Å². The molecule has 1 saturated heterocycles. The Bertz CT molecular complexity index is 965. The molecule has 3 heterocycles. The quantitative estimate of drug-likeness (QED) is 0.662. The first-order valence-corrected chi connectivity index (χ1v) is 9.11. The van der Waals surface area contributed by atoms with Gasteiger partial charge in [-0.1, -0.05) is 29.8 Å². The molecule has 132 valence electrons. The maximum atomic E-state index is 12.6. The van der Waals surface area contributed by atoms with E-state index in [9.17, 15) is 4.79 Å². The Hall–Kier alpha value is -2.66. The van der Waals surface area contributed by atoms with Crippen LogP contribution in [0.15, 0.2) is 54.7 Å². The summed E-state index contributed by atoms with van der Waals surface area (Å²) >= 11 is 5.99. The largest absolute Gasteiger partial charge is 0.338 e. The van der Waals surface area contributed by atoms with Crippen LogP contribution in [0.25, 0.3) is 11.7 Å². The van der Waals surface area contributed by atoms with Crippen LogP contribution in [0.3, 0.4) is 0 Å². The van der Waals surface area contributed by atoms with Crippen LogP contribution in [0, 0.1) is 0 Å². The van der Waals surface area contributed by atoms with E-state index in [2.05, 4.69) is 10.2 Å². The van der Waals surface area contributed by atoms with Crippen LogP contribution in [-0.2, 0) is 4.79 Å². The highest BCUT2D eigenvalue weighted by molar-refractivity contribution is 6.30. The van der Waals surface area contributed by atoms with Crippen LogP contribution in [0.4, 0.5) is 0 Å². The predicted octanol–water partition coefficient (Wildman–Crippen LogP) is 3.80. The van der Waals surface area contributed by atoms with E-state index in [1.165, 1.54) is 0 Å². The monoisotopic (exact) mass is 366 g/mol. The van der Waals surface area contributed by atoms with Gasteiger partial charge in [0.2, 0.25) is 5.91 Å². The van der Waals surface area contributed by atoms with E-state index in [0.717, 1.165) is 36.4 Å². The van der Waals surface area contributed by atoms with Crippen molar-refractivity contribution in [1.29, 1.82) is 0 Å². The summed E-state index contributed by atoms with van der Waals surface area (Å²) < 4.78 is 2.01. The molecule has 1 fully saturated rings. The number of amides is 1. The van der Waals surface area contributed by atoms with Crippen LogP contribution >= 0.6 is 11.6 Å². The van der Waals surface area contributed by atoms with Crippen molar-refractivity contribution >= 4 is 29.2 Å². The fraction of sp³-hybridized carbons (Fsp3) is 0.250. The van der Waals surface area contributed by atoms with E-state index in [1.54, 1.807) is 6.08 Å². The van der Waals surface area contributed by atoms with Crippen LogP contribution in [0.5, 0.6) is 0 Å². The van der Waals surface area contributed by atoms with E-state index in [0.29, 0.717) is 11.6 Å². The number of fused-ring (bicyclic) bond motifs is 1. The maximum absolute atomic E-state index is 12.6. The zero-order valence-electron chi connectivity index (χ0n) is 14.3. The van der Waals surface area contributed by atoms with Crippen molar-refractivity contribution in [2.45, 2.75) is 18.8 Å². The number of aromatic nitrogens is 3. The van der Waals surface area contributed by atoms with Gasteiger partial charge in [0.15, 0.2) is 5.65 Å². The van der Waals surface area contributed by atoms with Crippen molar-refractivity contribution in [2.24, 2.45) is 0 Å². The Kier molecular flexibility index (Phi) is 4.71. The van der Waals surface area contributed by atoms with Gasteiger partial charge >= 0.3 is 0 Å². The van der Waals surface area contributed by atoms with Crippen LogP contribution in [-0.4, -0.2) is 38.5 Å². The Balaban J connectivity index is 1.49. The van der Waals surface area contributed by atoms with E-state index < -0.39 is 0 Å². The number of likely N-dealkylation sites (tertiary alicyclic amines) is 1. The lowest BCUT2D eigenvalue weighted by Gasteiger charge is -2.31.